The first kappa shape index (κ1) is 17.1. The third kappa shape index (κ3) is 2.42. The molecule has 2 aliphatic heterocycles. The van der Waals surface area contributed by atoms with Gasteiger partial charge in [-0.05, 0) is 30.7 Å². The molecule has 7 heteroatoms. The first-order valence-corrected chi connectivity index (χ1v) is 9.99. The van der Waals surface area contributed by atoms with Crippen molar-refractivity contribution in [3.63, 3.8) is 0 Å². The largest absolute Gasteiger partial charge is 0.389 e. The van der Waals surface area contributed by atoms with Crippen LogP contribution in [0, 0.1) is 0 Å². The highest BCUT2D eigenvalue weighted by atomic mass is 32.2. The van der Waals surface area contributed by atoms with Crippen molar-refractivity contribution in [1.29, 1.82) is 0 Å². The van der Waals surface area contributed by atoms with Crippen LogP contribution in [0.2, 0.25) is 0 Å². The lowest BCUT2D eigenvalue weighted by atomic mass is 10.0. The molecule has 26 heavy (non-hydrogen) atoms. The van der Waals surface area contributed by atoms with Gasteiger partial charge in [-0.2, -0.15) is 0 Å². The van der Waals surface area contributed by atoms with Crippen molar-refractivity contribution >= 4 is 21.6 Å². The molecule has 4 rings (SSSR count). The van der Waals surface area contributed by atoms with Crippen LogP contribution < -0.4 is 4.31 Å². The summed E-state index contributed by atoms with van der Waals surface area (Å²) >= 11 is 0. The standard InChI is InChI=1S/C19H20N2O4S/c22-17-13-21(16-9-5-2-6-10-16)26(24,25)19(17)11-12-20(14-19)18(23)15-7-3-1-4-8-15/h1-10,17,22H,11-14H2/t17-,19+/m0/s1. The van der Waals surface area contributed by atoms with Gasteiger partial charge in [0.2, 0.25) is 10.0 Å². The van der Waals surface area contributed by atoms with Crippen LogP contribution in [-0.2, 0) is 10.0 Å². The zero-order valence-corrected chi connectivity index (χ0v) is 15.0. The monoisotopic (exact) mass is 372 g/mol. The quantitative estimate of drug-likeness (QED) is 0.866. The molecule has 1 N–H and O–H groups in total. The Morgan fingerprint density at radius 3 is 2.31 bits per heavy atom. The molecule has 0 radical (unpaired) electrons. The van der Waals surface area contributed by atoms with Crippen LogP contribution in [0.25, 0.3) is 0 Å². The number of sulfonamides is 1. The Morgan fingerprint density at radius 2 is 1.65 bits per heavy atom. The molecule has 2 aromatic rings. The summed E-state index contributed by atoms with van der Waals surface area (Å²) in [5, 5.41) is 10.7. The van der Waals surface area contributed by atoms with Gasteiger partial charge in [0, 0.05) is 18.7 Å². The van der Waals surface area contributed by atoms with Crippen LogP contribution in [-0.4, -0.2) is 54.8 Å². The molecule has 1 spiro atoms. The minimum atomic E-state index is -3.79. The SMILES string of the molecule is O=C(c1ccccc1)N1CC[C@@]2(C1)[C@@H](O)CN(c1ccccc1)S2(=O)=O. The smallest absolute Gasteiger partial charge is 0.253 e. The maximum atomic E-state index is 13.3. The Kier molecular flexibility index (Phi) is 4.00. The number of hydrogen-bond acceptors (Lipinski definition) is 4. The second-order valence-corrected chi connectivity index (χ2v) is 9.00. The van der Waals surface area contributed by atoms with Crippen LogP contribution in [0.1, 0.15) is 16.8 Å². The van der Waals surface area contributed by atoms with Gasteiger partial charge in [0.05, 0.1) is 18.3 Å². The molecule has 0 aliphatic carbocycles. The van der Waals surface area contributed by atoms with Crippen molar-refractivity contribution in [1.82, 2.24) is 4.90 Å². The predicted molar refractivity (Wildman–Crippen MR) is 98.4 cm³/mol. The fourth-order valence-electron chi connectivity index (χ4n) is 3.88. The number of rotatable bonds is 2. The Balaban J connectivity index is 1.64. The van der Waals surface area contributed by atoms with Crippen molar-refractivity contribution in [2.45, 2.75) is 17.3 Å². The molecule has 0 unspecified atom stereocenters. The summed E-state index contributed by atoms with van der Waals surface area (Å²) < 4.78 is 26.5. The van der Waals surface area contributed by atoms with E-state index in [1.165, 1.54) is 9.21 Å². The lowest BCUT2D eigenvalue weighted by Crippen LogP contribution is -2.48. The van der Waals surface area contributed by atoms with Crippen LogP contribution >= 0.6 is 0 Å². The highest BCUT2D eigenvalue weighted by molar-refractivity contribution is 7.94. The van der Waals surface area contributed by atoms with E-state index < -0.39 is 20.9 Å². The number of carbonyl (C=O) groups excluding carboxylic acids is 1. The number of amides is 1. The number of anilines is 1. The highest BCUT2D eigenvalue weighted by Gasteiger charge is 2.62. The number of likely N-dealkylation sites (tertiary alicyclic amines) is 1. The van der Waals surface area contributed by atoms with Crippen molar-refractivity contribution in [2.75, 3.05) is 23.9 Å². The Hall–Kier alpha value is -2.38. The van der Waals surface area contributed by atoms with E-state index in [1.807, 2.05) is 12.1 Å². The van der Waals surface area contributed by atoms with Crippen LogP contribution in [0.5, 0.6) is 0 Å². The van der Waals surface area contributed by atoms with Crippen molar-refractivity contribution < 1.29 is 18.3 Å². The van der Waals surface area contributed by atoms with Gasteiger partial charge in [-0.15, -0.1) is 0 Å². The number of hydrogen-bond donors (Lipinski definition) is 1. The molecular weight excluding hydrogens is 352 g/mol. The van der Waals surface area contributed by atoms with E-state index in [4.69, 9.17) is 0 Å². The van der Waals surface area contributed by atoms with E-state index in [2.05, 4.69) is 0 Å². The lowest BCUT2D eigenvalue weighted by molar-refractivity contribution is 0.0774. The number of benzene rings is 2. The molecule has 2 saturated heterocycles. The van der Waals surface area contributed by atoms with E-state index >= 15 is 0 Å². The Morgan fingerprint density at radius 1 is 1.04 bits per heavy atom. The van der Waals surface area contributed by atoms with Gasteiger partial charge in [-0.1, -0.05) is 36.4 Å². The zero-order chi connectivity index (χ0) is 18.4. The normalized spacial score (nSPS) is 27.2. The molecule has 2 aliphatic rings. The van der Waals surface area contributed by atoms with Crippen molar-refractivity contribution in [3.8, 4) is 0 Å². The first-order chi connectivity index (χ1) is 12.5. The summed E-state index contributed by atoms with van der Waals surface area (Å²) in [6.07, 6.45) is -0.806. The molecule has 2 aromatic carbocycles. The summed E-state index contributed by atoms with van der Waals surface area (Å²) in [6, 6.07) is 17.6. The third-order valence-corrected chi connectivity index (χ3v) is 7.94. The maximum Gasteiger partial charge on any atom is 0.253 e. The molecule has 2 heterocycles. The molecule has 1 amide bonds. The molecule has 136 valence electrons. The van der Waals surface area contributed by atoms with Crippen molar-refractivity contribution in [2.24, 2.45) is 0 Å². The minimum absolute atomic E-state index is 0.00750. The number of nitrogens with zero attached hydrogens (tertiary/aromatic N) is 2. The minimum Gasteiger partial charge on any atom is -0.389 e. The van der Waals surface area contributed by atoms with Crippen LogP contribution in [0.4, 0.5) is 5.69 Å². The average molecular weight is 372 g/mol. The van der Waals surface area contributed by atoms with E-state index in [0.29, 0.717) is 17.8 Å². The van der Waals surface area contributed by atoms with Gasteiger partial charge in [-0.25, -0.2) is 8.42 Å². The number of aliphatic hydroxyl groups excluding tert-OH is 1. The molecule has 0 bridgehead atoms. The number of carbonyl (C=O) groups is 1. The second-order valence-electron chi connectivity index (χ2n) is 6.79. The third-order valence-electron chi connectivity index (χ3n) is 5.37. The number of aliphatic hydroxyl groups is 1. The van der Waals surface area contributed by atoms with E-state index in [0.717, 1.165) is 0 Å². The topological polar surface area (TPSA) is 77.9 Å². The fraction of sp³-hybridized carbons (Fsp3) is 0.316. The molecule has 6 nitrogen and oxygen atoms in total. The summed E-state index contributed by atoms with van der Waals surface area (Å²) in [5.74, 6) is -0.206. The molecule has 2 fully saturated rings. The van der Waals surface area contributed by atoms with E-state index in [1.54, 1.807) is 48.5 Å². The zero-order valence-electron chi connectivity index (χ0n) is 14.2. The summed E-state index contributed by atoms with van der Waals surface area (Å²) in [4.78, 5) is 14.2. The van der Waals surface area contributed by atoms with Gasteiger partial charge >= 0.3 is 0 Å². The van der Waals surface area contributed by atoms with Gasteiger partial charge < -0.3 is 10.0 Å². The Labute approximate surface area is 152 Å². The predicted octanol–water partition coefficient (Wildman–Crippen LogP) is 1.48. The molecular formula is C19H20N2O4S. The van der Waals surface area contributed by atoms with Crippen LogP contribution in [0.15, 0.2) is 60.7 Å². The van der Waals surface area contributed by atoms with Gasteiger partial charge in [-0.3, -0.25) is 9.10 Å². The van der Waals surface area contributed by atoms with E-state index in [9.17, 15) is 18.3 Å². The molecule has 2 atom stereocenters. The van der Waals surface area contributed by atoms with Crippen LogP contribution in [0.3, 0.4) is 0 Å². The maximum absolute atomic E-state index is 13.3. The highest BCUT2D eigenvalue weighted by Crippen LogP contribution is 2.43. The van der Waals surface area contributed by atoms with E-state index in [-0.39, 0.29) is 25.4 Å². The summed E-state index contributed by atoms with van der Waals surface area (Å²) in [5.41, 5.74) is 1.06. The first-order valence-electron chi connectivity index (χ1n) is 8.55. The fourth-order valence-corrected chi connectivity index (χ4v) is 6.14. The molecule has 0 aromatic heterocycles. The summed E-state index contributed by atoms with van der Waals surface area (Å²) in [7, 11) is -3.79. The number of para-hydroxylation sites is 1. The van der Waals surface area contributed by atoms with Gasteiger partial charge in [0.15, 0.2) is 0 Å². The lowest BCUT2D eigenvalue weighted by Gasteiger charge is -2.27. The van der Waals surface area contributed by atoms with Crippen molar-refractivity contribution in [3.05, 3.63) is 66.2 Å². The van der Waals surface area contributed by atoms with Gasteiger partial charge in [0.1, 0.15) is 4.75 Å². The van der Waals surface area contributed by atoms with Gasteiger partial charge in [0.25, 0.3) is 5.91 Å². The average Bonchev–Trinajstić information content (AvgIpc) is 3.20. The second kappa shape index (κ2) is 6.10. The number of β-amino-alcohol motifs (C(OH)–C–C–N with tert-alkyl or cyclic N) is 1. The summed E-state index contributed by atoms with van der Waals surface area (Å²) in [6.45, 7) is 0.333. The molecule has 0 saturated carbocycles. The Bertz CT molecular complexity index is 917.